The second-order valence-electron chi connectivity index (χ2n) is 13.9. The Morgan fingerprint density at radius 2 is 0.643 bits per heavy atom. The number of nitrogens with zero attached hydrogens (tertiary/aromatic N) is 1. The number of hydrogen-bond donors (Lipinski definition) is 1. The van der Waals surface area contributed by atoms with Gasteiger partial charge in [0.1, 0.15) is 0 Å². The van der Waals surface area contributed by atoms with Gasteiger partial charge in [0.15, 0.2) is 0 Å². The molecule has 0 saturated heterocycles. The van der Waals surface area contributed by atoms with Gasteiger partial charge in [-0.05, 0) is 45.3 Å². The molecule has 0 aromatic carbocycles. The zero-order valence-electron chi connectivity index (χ0n) is 30.3. The molecule has 0 heterocycles. The van der Waals surface area contributed by atoms with Crippen molar-refractivity contribution >= 4 is 0 Å². The Labute approximate surface area is 268 Å². The molecule has 254 valence electrons. The molecule has 0 radical (unpaired) electrons. The summed E-state index contributed by atoms with van der Waals surface area (Å²) in [7, 11) is 0. The van der Waals surface area contributed by atoms with Crippen molar-refractivity contribution in [3.8, 4) is 0 Å². The van der Waals surface area contributed by atoms with Gasteiger partial charge in [0.2, 0.25) is 0 Å². The van der Waals surface area contributed by atoms with Crippen LogP contribution in [0.4, 0.5) is 0 Å². The lowest BCUT2D eigenvalue weighted by molar-refractivity contribution is 0.228. The summed E-state index contributed by atoms with van der Waals surface area (Å²) in [5.41, 5.74) is 0. The summed E-state index contributed by atoms with van der Waals surface area (Å²) < 4.78 is 0. The summed E-state index contributed by atoms with van der Waals surface area (Å²) in [4.78, 5) is 2.84. The van der Waals surface area contributed by atoms with Crippen molar-refractivity contribution in [1.29, 1.82) is 0 Å². The van der Waals surface area contributed by atoms with Crippen LogP contribution in [-0.4, -0.2) is 37.1 Å². The van der Waals surface area contributed by atoms with E-state index < -0.39 is 0 Å². The summed E-state index contributed by atoms with van der Waals surface area (Å²) in [6, 6.07) is 0.676. The van der Waals surface area contributed by atoms with Gasteiger partial charge in [0.05, 0.1) is 0 Å². The molecule has 0 fully saturated rings. The zero-order chi connectivity index (χ0) is 30.6. The largest absolute Gasteiger partial charge is 0.313 e. The van der Waals surface area contributed by atoms with E-state index in [0.29, 0.717) is 6.04 Å². The van der Waals surface area contributed by atoms with Crippen molar-refractivity contribution in [2.24, 2.45) is 0 Å². The molecule has 42 heavy (non-hydrogen) atoms. The minimum absolute atomic E-state index is 0.676. The molecule has 0 aromatic heterocycles. The zero-order valence-corrected chi connectivity index (χ0v) is 30.3. The van der Waals surface area contributed by atoms with Gasteiger partial charge in [-0.25, -0.2) is 0 Å². The van der Waals surface area contributed by atoms with Crippen LogP contribution in [0.1, 0.15) is 227 Å². The highest BCUT2D eigenvalue weighted by molar-refractivity contribution is 4.72. The Morgan fingerprint density at radius 3 is 0.952 bits per heavy atom. The maximum absolute atomic E-state index is 3.96. The highest BCUT2D eigenvalue weighted by atomic mass is 15.1. The van der Waals surface area contributed by atoms with Crippen molar-refractivity contribution in [2.45, 2.75) is 233 Å². The predicted molar refractivity (Wildman–Crippen MR) is 194 cm³/mol. The van der Waals surface area contributed by atoms with E-state index in [1.807, 2.05) is 0 Å². The van der Waals surface area contributed by atoms with Gasteiger partial charge < -0.3 is 10.2 Å². The third-order valence-electron chi connectivity index (χ3n) is 9.59. The molecule has 1 atom stereocenters. The standard InChI is InChI=1S/C40H84N2/c1-5-9-12-15-18-21-24-27-30-33-36-41-40(8-4)39-42(37-34-31-28-25-22-19-16-13-10-6-2)38-35-32-29-26-23-20-17-14-11-7-3/h40-41H,5-39H2,1-4H3. The average Bonchev–Trinajstić information content (AvgIpc) is 3.00. The number of unbranched alkanes of at least 4 members (excludes halogenated alkanes) is 27. The summed E-state index contributed by atoms with van der Waals surface area (Å²) in [6.07, 6.45) is 44.4. The second-order valence-corrected chi connectivity index (χ2v) is 13.9. The first-order valence-electron chi connectivity index (χ1n) is 20.2. The summed E-state index contributed by atoms with van der Waals surface area (Å²) >= 11 is 0. The molecule has 0 aromatic rings. The molecule has 2 nitrogen and oxygen atoms in total. The molecule has 0 aliphatic rings. The summed E-state index contributed by atoms with van der Waals surface area (Å²) in [6.45, 7) is 14.5. The van der Waals surface area contributed by atoms with E-state index in [-0.39, 0.29) is 0 Å². The first-order valence-corrected chi connectivity index (χ1v) is 20.2. The van der Waals surface area contributed by atoms with E-state index in [2.05, 4.69) is 37.9 Å². The molecule has 0 aliphatic carbocycles. The third kappa shape index (κ3) is 32.8. The monoisotopic (exact) mass is 593 g/mol. The van der Waals surface area contributed by atoms with Gasteiger partial charge >= 0.3 is 0 Å². The molecule has 0 spiro atoms. The molecule has 0 amide bonds. The highest BCUT2D eigenvalue weighted by Gasteiger charge is 2.12. The molecular formula is C40H84N2. The Balaban J connectivity index is 4.16. The first kappa shape index (κ1) is 41.9. The molecule has 0 bridgehead atoms. The van der Waals surface area contributed by atoms with E-state index in [1.54, 1.807) is 0 Å². The van der Waals surface area contributed by atoms with E-state index in [1.165, 1.54) is 225 Å². The second kappa shape index (κ2) is 37.1. The van der Waals surface area contributed by atoms with Crippen LogP contribution in [0, 0.1) is 0 Å². The predicted octanol–water partition coefficient (Wildman–Crippen LogP) is 13.4. The summed E-state index contributed by atoms with van der Waals surface area (Å²) in [5.74, 6) is 0. The van der Waals surface area contributed by atoms with Gasteiger partial charge in [0, 0.05) is 12.6 Å². The smallest absolute Gasteiger partial charge is 0.0192 e. The van der Waals surface area contributed by atoms with Crippen molar-refractivity contribution in [3.05, 3.63) is 0 Å². The fourth-order valence-corrected chi connectivity index (χ4v) is 6.51. The lowest BCUT2D eigenvalue weighted by Gasteiger charge is -2.28. The fraction of sp³-hybridized carbons (Fsp3) is 1.00. The topological polar surface area (TPSA) is 15.3 Å². The van der Waals surface area contributed by atoms with Crippen LogP contribution >= 0.6 is 0 Å². The minimum atomic E-state index is 0.676. The summed E-state index contributed by atoms with van der Waals surface area (Å²) in [5, 5.41) is 3.96. The molecule has 0 saturated carbocycles. The van der Waals surface area contributed by atoms with Crippen LogP contribution in [0.5, 0.6) is 0 Å². The molecule has 1 N–H and O–H groups in total. The average molecular weight is 593 g/mol. The van der Waals surface area contributed by atoms with E-state index >= 15 is 0 Å². The Morgan fingerprint density at radius 1 is 0.357 bits per heavy atom. The Kier molecular flexibility index (Phi) is 37.0. The van der Waals surface area contributed by atoms with Gasteiger partial charge in [-0.15, -0.1) is 0 Å². The van der Waals surface area contributed by atoms with Crippen LogP contribution in [0.15, 0.2) is 0 Å². The van der Waals surface area contributed by atoms with Crippen LogP contribution in [0.25, 0.3) is 0 Å². The highest BCUT2D eigenvalue weighted by Crippen LogP contribution is 2.14. The fourth-order valence-electron chi connectivity index (χ4n) is 6.51. The number of rotatable bonds is 37. The van der Waals surface area contributed by atoms with Crippen molar-refractivity contribution in [1.82, 2.24) is 10.2 Å². The van der Waals surface area contributed by atoms with Crippen LogP contribution in [-0.2, 0) is 0 Å². The van der Waals surface area contributed by atoms with E-state index in [4.69, 9.17) is 0 Å². The van der Waals surface area contributed by atoms with Crippen molar-refractivity contribution in [2.75, 3.05) is 26.2 Å². The van der Waals surface area contributed by atoms with Crippen molar-refractivity contribution < 1.29 is 0 Å². The van der Waals surface area contributed by atoms with Gasteiger partial charge in [-0.1, -0.05) is 201 Å². The van der Waals surface area contributed by atoms with Gasteiger partial charge in [-0.3, -0.25) is 0 Å². The number of hydrogen-bond acceptors (Lipinski definition) is 2. The maximum Gasteiger partial charge on any atom is 0.0192 e. The van der Waals surface area contributed by atoms with E-state index in [0.717, 1.165) is 0 Å². The van der Waals surface area contributed by atoms with Crippen LogP contribution < -0.4 is 5.32 Å². The quantitative estimate of drug-likeness (QED) is 0.0722. The number of nitrogens with one attached hydrogen (secondary N) is 1. The normalized spacial score (nSPS) is 12.5. The maximum atomic E-state index is 3.96. The lowest BCUT2D eigenvalue weighted by Crippen LogP contribution is -2.42. The van der Waals surface area contributed by atoms with Crippen molar-refractivity contribution in [3.63, 3.8) is 0 Å². The van der Waals surface area contributed by atoms with Gasteiger partial charge in [-0.2, -0.15) is 0 Å². The SMILES string of the molecule is CCCCCCCCCCCCNC(CC)CN(CCCCCCCCCCCC)CCCCCCCCCCCC. The lowest BCUT2D eigenvalue weighted by atomic mass is 10.1. The molecular weight excluding hydrogens is 508 g/mol. The van der Waals surface area contributed by atoms with Gasteiger partial charge in [0.25, 0.3) is 0 Å². The van der Waals surface area contributed by atoms with Crippen LogP contribution in [0.2, 0.25) is 0 Å². The Hall–Kier alpha value is -0.0800. The molecule has 2 heteroatoms. The van der Waals surface area contributed by atoms with E-state index in [9.17, 15) is 0 Å². The Bertz CT molecular complexity index is 441. The third-order valence-corrected chi connectivity index (χ3v) is 9.59. The minimum Gasteiger partial charge on any atom is -0.313 e. The molecule has 0 rings (SSSR count). The molecule has 0 aliphatic heterocycles. The first-order chi connectivity index (χ1) is 20.8. The van der Waals surface area contributed by atoms with Crippen LogP contribution in [0.3, 0.4) is 0 Å². The molecule has 1 unspecified atom stereocenters.